The maximum atomic E-state index is 12.1. The average Bonchev–Trinajstić information content (AvgIpc) is 2.54. The highest BCUT2D eigenvalue weighted by Gasteiger charge is 2.27. The molecule has 7 heteroatoms. The lowest BCUT2D eigenvalue weighted by Crippen LogP contribution is -2.49. The highest BCUT2D eigenvalue weighted by molar-refractivity contribution is 5.78. The molecule has 0 radical (unpaired) electrons. The average molecular weight is 342 g/mol. The molecule has 1 saturated heterocycles. The van der Waals surface area contributed by atoms with Crippen molar-refractivity contribution in [3.8, 4) is 5.75 Å². The quantitative estimate of drug-likeness (QED) is 0.797. The van der Waals surface area contributed by atoms with Crippen LogP contribution in [0.3, 0.4) is 0 Å². The highest BCUT2D eigenvalue weighted by Crippen LogP contribution is 2.19. The third-order valence-corrected chi connectivity index (χ3v) is 4.21. The van der Waals surface area contributed by atoms with Crippen LogP contribution in [0.5, 0.6) is 5.75 Å². The van der Waals surface area contributed by atoms with Gasteiger partial charge in [0.15, 0.2) is 0 Å². The SMILES string of the molecule is CC(O)C1CCCCN1CC(=O)NCc1ccc(OC(F)F)cc1. The summed E-state index contributed by atoms with van der Waals surface area (Å²) >= 11 is 0. The zero-order valence-electron chi connectivity index (χ0n) is 13.8. The minimum Gasteiger partial charge on any atom is -0.435 e. The number of aliphatic hydroxyl groups excluding tert-OH is 1. The van der Waals surface area contributed by atoms with Crippen LogP contribution in [-0.2, 0) is 11.3 Å². The number of halogens is 2. The molecular formula is C17H24F2N2O3. The maximum Gasteiger partial charge on any atom is 0.387 e. The Hall–Kier alpha value is -1.73. The molecule has 0 aromatic heterocycles. The van der Waals surface area contributed by atoms with E-state index in [0.717, 1.165) is 31.4 Å². The third kappa shape index (κ3) is 5.72. The van der Waals surface area contributed by atoms with Crippen molar-refractivity contribution in [2.24, 2.45) is 0 Å². The summed E-state index contributed by atoms with van der Waals surface area (Å²) in [4.78, 5) is 14.1. The van der Waals surface area contributed by atoms with Gasteiger partial charge in [0.25, 0.3) is 0 Å². The predicted octanol–water partition coefficient (Wildman–Crippen LogP) is 2.14. The van der Waals surface area contributed by atoms with E-state index in [0.29, 0.717) is 6.54 Å². The molecule has 2 unspecified atom stereocenters. The van der Waals surface area contributed by atoms with E-state index >= 15 is 0 Å². The van der Waals surface area contributed by atoms with Crippen molar-refractivity contribution in [3.05, 3.63) is 29.8 Å². The summed E-state index contributed by atoms with van der Waals surface area (Å²) in [5.41, 5.74) is 0.802. The number of benzene rings is 1. The Bertz CT molecular complexity index is 523. The van der Waals surface area contributed by atoms with E-state index < -0.39 is 12.7 Å². The van der Waals surface area contributed by atoms with Crippen molar-refractivity contribution in [1.29, 1.82) is 0 Å². The fraction of sp³-hybridized carbons (Fsp3) is 0.588. The molecule has 1 amide bonds. The van der Waals surface area contributed by atoms with Gasteiger partial charge in [0.1, 0.15) is 5.75 Å². The lowest BCUT2D eigenvalue weighted by Gasteiger charge is -2.36. The molecule has 1 fully saturated rings. The summed E-state index contributed by atoms with van der Waals surface area (Å²) in [6.07, 6.45) is 2.54. The summed E-state index contributed by atoms with van der Waals surface area (Å²) in [5, 5.41) is 12.6. The van der Waals surface area contributed by atoms with Crippen LogP contribution in [0.25, 0.3) is 0 Å². The van der Waals surface area contributed by atoms with Gasteiger partial charge in [-0.1, -0.05) is 18.6 Å². The zero-order chi connectivity index (χ0) is 17.5. The van der Waals surface area contributed by atoms with Crippen LogP contribution in [-0.4, -0.2) is 47.8 Å². The van der Waals surface area contributed by atoms with E-state index in [1.807, 2.05) is 4.90 Å². The number of alkyl halides is 2. The first kappa shape index (κ1) is 18.6. The summed E-state index contributed by atoms with van der Waals surface area (Å²) in [6.45, 7) is 0.289. The van der Waals surface area contributed by atoms with Crippen molar-refractivity contribution in [3.63, 3.8) is 0 Å². The Balaban J connectivity index is 1.80. The molecule has 1 aromatic rings. The Morgan fingerprint density at radius 3 is 2.71 bits per heavy atom. The smallest absolute Gasteiger partial charge is 0.387 e. The molecule has 1 aromatic carbocycles. The topological polar surface area (TPSA) is 61.8 Å². The largest absolute Gasteiger partial charge is 0.435 e. The van der Waals surface area contributed by atoms with E-state index in [4.69, 9.17) is 0 Å². The Labute approximate surface area is 140 Å². The minimum atomic E-state index is -2.85. The second kappa shape index (κ2) is 8.94. The molecule has 1 aliphatic rings. The van der Waals surface area contributed by atoms with Crippen LogP contribution >= 0.6 is 0 Å². The van der Waals surface area contributed by atoms with E-state index in [-0.39, 0.29) is 24.2 Å². The second-order valence-electron chi connectivity index (χ2n) is 6.07. The summed E-state index contributed by atoms with van der Waals surface area (Å²) in [6, 6.07) is 6.19. The van der Waals surface area contributed by atoms with Crippen molar-refractivity contribution in [2.75, 3.05) is 13.1 Å². The monoisotopic (exact) mass is 342 g/mol. The number of rotatable bonds is 7. The standard InChI is InChI=1S/C17H24F2N2O3/c1-12(22)15-4-2-3-9-21(15)11-16(23)20-10-13-5-7-14(8-6-13)24-17(18)19/h5-8,12,15,17,22H,2-4,9-11H2,1H3,(H,20,23). The van der Waals surface area contributed by atoms with Gasteiger partial charge in [-0.25, -0.2) is 0 Å². The van der Waals surface area contributed by atoms with Crippen LogP contribution < -0.4 is 10.1 Å². The van der Waals surface area contributed by atoms with E-state index in [1.54, 1.807) is 19.1 Å². The summed E-state index contributed by atoms with van der Waals surface area (Å²) in [5.74, 6) is -0.0244. The number of nitrogens with zero attached hydrogens (tertiary/aromatic N) is 1. The fourth-order valence-electron chi connectivity index (χ4n) is 2.99. The Morgan fingerprint density at radius 2 is 2.08 bits per heavy atom. The molecule has 0 aliphatic carbocycles. The van der Waals surface area contributed by atoms with Gasteiger partial charge in [-0.05, 0) is 44.0 Å². The number of aliphatic hydroxyl groups is 1. The molecule has 0 spiro atoms. The molecule has 0 bridgehead atoms. The van der Waals surface area contributed by atoms with Crippen LogP contribution in [0.15, 0.2) is 24.3 Å². The normalized spacial score (nSPS) is 20.0. The molecule has 134 valence electrons. The lowest BCUT2D eigenvalue weighted by atomic mass is 9.98. The minimum absolute atomic E-state index is 0.0234. The first-order chi connectivity index (χ1) is 11.5. The zero-order valence-corrected chi connectivity index (χ0v) is 13.8. The molecule has 1 heterocycles. The number of ether oxygens (including phenoxy) is 1. The molecule has 1 aliphatic heterocycles. The highest BCUT2D eigenvalue weighted by atomic mass is 19.3. The van der Waals surface area contributed by atoms with E-state index in [9.17, 15) is 18.7 Å². The molecule has 2 atom stereocenters. The van der Waals surface area contributed by atoms with Crippen molar-refractivity contribution < 1.29 is 23.4 Å². The van der Waals surface area contributed by atoms with Gasteiger partial charge in [0.05, 0.1) is 12.6 Å². The van der Waals surface area contributed by atoms with Crippen LogP contribution in [0.1, 0.15) is 31.7 Å². The van der Waals surface area contributed by atoms with Gasteiger partial charge >= 0.3 is 6.61 Å². The molecule has 2 N–H and O–H groups in total. The molecule has 2 rings (SSSR count). The number of piperidine rings is 1. The number of likely N-dealkylation sites (tertiary alicyclic amines) is 1. The van der Waals surface area contributed by atoms with Gasteiger partial charge in [-0.2, -0.15) is 8.78 Å². The first-order valence-corrected chi connectivity index (χ1v) is 8.18. The van der Waals surface area contributed by atoms with Gasteiger partial charge in [-0.3, -0.25) is 9.69 Å². The van der Waals surface area contributed by atoms with Gasteiger partial charge in [0.2, 0.25) is 5.91 Å². The van der Waals surface area contributed by atoms with Crippen LogP contribution in [0.4, 0.5) is 8.78 Å². The molecule has 0 saturated carbocycles. The van der Waals surface area contributed by atoms with Crippen molar-refractivity contribution >= 4 is 5.91 Å². The number of hydrogen-bond donors (Lipinski definition) is 2. The molecule has 5 nitrogen and oxygen atoms in total. The number of nitrogens with one attached hydrogen (secondary N) is 1. The van der Waals surface area contributed by atoms with E-state index in [1.165, 1.54) is 12.1 Å². The molecular weight excluding hydrogens is 318 g/mol. The van der Waals surface area contributed by atoms with Crippen molar-refractivity contribution in [2.45, 2.75) is 51.5 Å². The van der Waals surface area contributed by atoms with Crippen LogP contribution in [0, 0.1) is 0 Å². The fourth-order valence-corrected chi connectivity index (χ4v) is 2.99. The number of amides is 1. The number of carbonyl (C=O) groups excluding carboxylic acids is 1. The van der Waals surface area contributed by atoms with Crippen LogP contribution in [0.2, 0.25) is 0 Å². The van der Waals surface area contributed by atoms with Gasteiger partial charge in [-0.15, -0.1) is 0 Å². The van der Waals surface area contributed by atoms with Gasteiger partial charge < -0.3 is 15.2 Å². The summed E-state index contributed by atoms with van der Waals surface area (Å²) in [7, 11) is 0. The summed E-state index contributed by atoms with van der Waals surface area (Å²) < 4.78 is 28.4. The van der Waals surface area contributed by atoms with E-state index in [2.05, 4.69) is 10.1 Å². The Kier molecular flexibility index (Phi) is 6.93. The molecule has 24 heavy (non-hydrogen) atoms. The second-order valence-corrected chi connectivity index (χ2v) is 6.07. The van der Waals surface area contributed by atoms with Crippen molar-refractivity contribution in [1.82, 2.24) is 10.2 Å². The number of carbonyl (C=O) groups is 1. The first-order valence-electron chi connectivity index (χ1n) is 8.18. The Morgan fingerprint density at radius 1 is 1.38 bits per heavy atom. The predicted molar refractivity (Wildman–Crippen MR) is 85.8 cm³/mol. The third-order valence-electron chi connectivity index (χ3n) is 4.21. The van der Waals surface area contributed by atoms with Gasteiger partial charge in [0, 0.05) is 12.6 Å². The number of hydrogen-bond acceptors (Lipinski definition) is 4. The lowest BCUT2D eigenvalue weighted by molar-refractivity contribution is -0.124. The maximum absolute atomic E-state index is 12.1.